The Hall–Kier alpha value is -1.53. The maximum absolute atomic E-state index is 12.7. The van der Waals surface area contributed by atoms with Crippen molar-refractivity contribution in [1.29, 1.82) is 0 Å². The molecule has 1 aromatic heterocycles. The molecule has 0 saturated heterocycles. The van der Waals surface area contributed by atoms with Crippen molar-refractivity contribution in [1.82, 2.24) is 15.1 Å². The van der Waals surface area contributed by atoms with Gasteiger partial charge in [0.15, 0.2) is 0 Å². The van der Waals surface area contributed by atoms with Gasteiger partial charge in [-0.15, -0.1) is 10.2 Å². The van der Waals surface area contributed by atoms with Gasteiger partial charge in [-0.05, 0) is 38.0 Å². The summed E-state index contributed by atoms with van der Waals surface area (Å²) in [5, 5.41) is 8.85. The second kappa shape index (κ2) is 8.23. The van der Waals surface area contributed by atoms with Gasteiger partial charge < -0.3 is 9.32 Å². The summed E-state index contributed by atoms with van der Waals surface area (Å²) < 4.78 is 5.68. The summed E-state index contributed by atoms with van der Waals surface area (Å²) in [7, 11) is 1.90. The Balaban J connectivity index is 1.62. The number of hydrogen-bond acceptors (Lipinski definition) is 5. The lowest BCUT2D eigenvalue weighted by molar-refractivity contribution is -0.131. The standard InChI is InChI=1S/C18H22ClN3O2S/c1-12(17(23)22(2)15-9-4-3-5-10-15)25-18-21-20-16(24-18)13-7-6-8-14(19)11-13/h6-8,11-12,15H,3-5,9-10H2,1-2H3/t12-/m1/s1. The molecule has 1 atom stereocenters. The predicted octanol–water partition coefficient (Wildman–Crippen LogP) is 4.66. The van der Waals surface area contributed by atoms with Gasteiger partial charge in [-0.3, -0.25) is 4.79 Å². The van der Waals surface area contributed by atoms with Crippen molar-refractivity contribution in [2.45, 2.75) is 55.5 Å². The van der Waals surface area contributed by atoms with E-state index < -0.39 is 0 Å². The topological polar surface area (TPSA) is 59.2 Å². The lowest BCUT2D eigenvalue weighted by Gasteiger charge is -2.32. The van der Waals surface area contributed by atoms with E-state index in [0.29, 0.717) is 22.2 Å². The molecule has 1 aliphatic carbocycles. The summed E-state index contributed by atoms with van der Waals surface area (Å²) in [5.74, 6) is 0.518. The molecule has 3 rings (SSSR count). The summed E-state index contributed by atoms with van der Waals surface area (Å²) in [6.07, 6.45) is 5.88. The molecule has 0 radical (unpaired) electrons. The zero-order chi connectivity index (χ0) is 17.8. The molecule has 5 nitrogen and oxygen atoms in total. The zero-order valence-electron chi connectivity index (χ0n) is 14.4. The average molecular weight is 380 g/mol. The monoisotopic (exact) mass is 379 g/mol. The Morgan fingerprint density at radius 3 is 2.80 bits per heavy atom. The predicted molar refractivity (Wildman–Crippen MR) is 99.7 cm³/mol. The first-order valence-electron chi connectivity index (χ1n) is 8.57. The summed E-state index contributed by atoms with van der Waals surface area (Å²) in [6.45, 7) is 1.88. The normalized spacial score (nSPS) is 16.6. The first kappa shape index (κ1) is 18.3. The van der Waals surface area contributed by atoms with E-state index in [1.807, 2.05) is 31.0 Å². The van der Waals surface area contributed by atoms with Crippen molar-refractivity contribution < 1.29 is 9.21 Å². The fourth-order valence-corrected chi connectivity index (χ4v) is 4.11. The van der Waals surface area contributed by atoms with Crippen LogP contribution in [-0.2, 0) is 4.79 Å². The Labute approximate surface area is 157 Å². The molecule has 0 spiro atoms. The van der Waals surface area contributed by atoms with E-state index in [9.17, 15) is 4.79 Å². The largest absolute Gasteiger partial charge is 0.411 e. The highest BCUT2D eigenvalue weighted by atomic mass is 35.5. The molecular weight excluding hydrogens is 358 g/mol. The van der Waals surface area contributed by atoms with Gasteiger partial charge in [0, 0.05) is 23.7 Å². The van der Waals surface area contributed by atoms with Crippen molar-refractivity contribution in [2.24, 2.45) is 0 Å². The Morgan fingerprint density at radius 1 is 1.32 bits per heavy atom. The van der Waals surface area contributed by atoms with Gasteiger partial charge in [-0.25, -0.2) is 0 Å². The van der Waals surface area contributed by atoms with Crippen LogP contribution in [0.15, 0.2) is 33.9 Å². The van der Waals surface area contributed by atoms with Crippen LogP contribution in [0.3, 0.4) is 0 Å². The Morgan fingerprint density at radius 2 is 2.08 bits per heavy atom. The molecular formula is C18H22ClN3O2S. The summed E-state index contributed by atoms with van der Waals surface area (Å²) in [5.41, 5.74) is 0.769. The highest BCUT2D eigenvalue weighted by Crippen LogP contribution is 2.29. The molecule has 1 heterocycles. The molecule has 1 amide bonds. The third-order valence-electron chi connectivity index (χ3n) is 4.57. The lowest BCUT2D eigenvalue weighted by Crippen LogP contribution is -2.42. The number of halogens is 1. The highest BCUT2D eigenvalue weighted by Gasteiger charge is 2.27. The third-order valence-corrected chi connectivity index (χ3v) is 5.73. The molecule has 0 unspecified atom stereocenters. The lowest BCUT2D eigenvalue weighted by atomic mass is 9.94. The number of thioether (sulfide) groups is 1. The van der Waals surface area contributed by atoms with Crippen molar-refractivity contribution in [3.63, 3.8) is 0 Å². The van der Waals surface area contributed by atoms with Crippen molar-refractivity contribution in [2.75, 3.05) is 7.05 Å². The van der Waals surface area contributed by atoms with E-state index in [2.05, 4.69) is 10.2 Å². The number of rotatable bonds is 5. The van der Waals surface area contributed by atoms with Crippen LogP contribution in [-0.4, -0.2) is 39.3 Å². The minimum Gasteiger partial charge on any atom is -0.411 e. The number of benzene rings is 1. The maximum atomic E-state index is 12.7. The summed E-state index contributed by atoms with van der Waals surface area (Å²) >= 11 is 7.29. The molecule has 1 aromatic carbocycles. The van der Waals surface area contributed by atoms with Crippen LogP contribution in [0.4, 0.5) is 0 Å². The number of hydrogen-bond donors (Lipinski definition) is 0. The van der Waals surface area contributed by atoms with Crippen LogP contribution in [0, 0.1) is 0 Å². The molecule has 0 bridgehead atoms. The van der Waals surface area contributed by atoms with Gasteiger partial charge in [-0.2, -0.15) is 0 Å². The molecule has 0 N–H and O–H groups in total. The van der Waals surface area contributed by atoms with Crippen molar-refractivity contribution >= 4 is 29.3 Å². The summed E-state index contributed by atoms with van der Waals surface area (Å²) in [4.78, 5) is 14.6. The van der Waals surface area contributed by atoms with E-state index in [-0.39, 0.29) is 11.2 Å². The van der Waals surface area contributed by atoms with Crippen LogP contribution in [0.25, 0.3) is 11.5 Å². The Bertz CT molecular complexity index is 731. The van der Waals surface area contributed by atoms with Crippen LogP contribution in [0.1, 0.15) is 39.0 Å². The van der Waals surface area contributed by atoms with E-state index in [1.54, 1.807) is 12.1 Å². The Kier molecular flexibility index (Phi) is 6.02. The highest BCUT2D eigenvalue weighted by molar-refractivity contribution is 8.00. The van der Waals surface area contributed by atoms with E-state index in [0.717, 1.165) is 18.4 Å². The molecule has 0 aliphatic heterocycles. The van der Waals surface area contributed by atoms with E-state index >= 15 is 0 Å². The minimum absolute atomic E-state index is 0.111. The smallest absolute Gasteiger partial charge is 0.277 e. The number of aromatic nitrogens is 2. The molecule has 134 valence electrons. The molecule has 25 heavy (non-hydrogen) atoms. The molecule has 1 aliphatic rings. The second-order valence-corrected chi connectivity index (χ2v) is 8.11. The van der Waals surface area contributed by atoms with Gasteiger partial charge in [0.05, 0.1) is 5.25 Å². The quantitative estimate of drug-likeness (QED) is 0.707. The van der Waals surface area contributed by atoms with Gasteiger partial charge in [-0.1, -0.05) is 48.7 Å². The number of carbonyl (C=O) groups is 1. The van der Waals surface area contributed by atoms with E-state index in [4.69, 9.17) is 16.0 Å². The van der Waals surface area contributed by atoms with Gasteiger partial charge >= 0.3 is 0 Å². The van der Waals surface area contributed by atoms with Gasteiger partial charge in [0.2, 0.25) is 11.8 Å². The van der Waals surface area contributed by atoms with Crippen LogP contribution in [0.5, 0.6) is 0 Å². The van der Waals surface area contributed by atoms with Gasteiger partial charge in [0.25, 0.3) is 5.22 Å². The van der Waals surface area contributed by atoms with Crippen LogP contribution in [0.2, 0.25) is 5.02 Å². The first-order valence-corrected chi connectivity index (χ1v) is 9.83. The van der Waals surface area contributed by atoms with E-state index in [1.165, 1.54) is 31.0 Å². The number of amides is 1. The molecule has 7 heteroatoms. The third kappa shape index (κ3) is 4.55. The first-order chi connectivity index (χ1) is 12.0. The average Bonchev–Trinajstić information content (AvgIpc) is 3.09. The minimum atomic E-state index is -0.264. The fourth-order valence-electron chi connectivity index (χ4n) is 3.13. The number of carbonyl (C=O) groups excluding carboxylic acids is 1. The number of nitrogens with zero attached hydrogens (tertiary/aromatic N) is 3. The van der Waals surface area contributed by atoms with Crippen LogP contribution < -0.4 is 0 Å². The van der Waals surface area contributed by atoms with Crippen molar-refractivity contribution in [3.8, 4) is 11.5 Å². The molecule has 2 aromatic rings. The SMILES string of the molecule is C[C@@H](Sc1nnc(-c2cccc(Cl)c2)o1)C(=O)N(C)C1CCCCC1. The fraction of sp³-hybridized carbons (Fsp3) is 0.500. The summed E-state index contributed by atoms with van der Waals surface area (Å²) in [6, 6.07) is 7.61. The van der Waals surface area contributed by atoms with Crippen LogP contribution >= 0.6 is 23.4 Å². The molecule has 1 saturated carbocycles. The second-order valence-electron chi connectivity index (χ2n) is 6.38. The van der Waals surface area contributed by atoms with Gasteiger partial charge in [0.1, 0.15) is 0 Å². The van der Waals surface area contributed by atoms with Crippen molar-refractivity contribution in [3.05, 3.63) is 29.3 Å². The maximum Gasteiger partial charge on any atom is 0.277 e. The zero-order valence-corrected chi connectivity index (χ0v) is 16.0. The molecule has 1 fully saturated rings.